The highest BCUT2D eigenvalue weighted by molar-refractivity contribution is 7.09. The predicted molar refractivity (Wildman–Crippen MR) is 190 cm³/mol. The summed E-state index contributed by atoms with van der Waals surface area (Å²) in [6, 6.07) is 7.84. The molecule has 0 saturated heterocycles. The number of nitrogen functional groups attached to an aromatic ring is 1. The van der Waals surface area contributed by atoms with Crippen LogP contribution in [0.3, 0.4) is 0 Å². The van der Waals surface area contributed by atoms with Crippen molar-refractivity contribution in [1.29, 1.82) is 0 Å². The van der Waals surface area contributed by atoms with Gasteiger partial charge in [-0.05, 0) is 61.1 Å². The maximum absolute atomic E-state index is 13.7. The molecule has 0 aliphatic carbocycles. The zero-order valence-corrected chi connectivity index (χ0v) is 30.5. The second kappa shape index (κ2) is 19.3. The first-order valence-corrected chi connectivity index (χ1v) is 18.2. The first-order valence-electron chi connectivity index (χ1n) is 17.3. The third-order valence-electron chi connectivity index (χ3n) is 8.47. The van der Waals surface area contributed by atoms with Crippen molar-refractivity contribution in [3.63, 3.8) is 0 Å². The summed E-state index contributed by atoms with van der Waals surface area (Å²) in [4.78, 5) is 34.1. The molecule has 0 fully saturated rings. The van der Waals surface area contributed by atoms with Gasteiger partial charge in [-0.1, -0.05) is 93.2 Å². The fourth-order valence-electron chi connectivity index (χ4n) is 5.81. The van der Waals surface area contributed by atoms with Crippen LogP contribution in [0.15, 0.2) is 29.6 Å². The van der Waals surface area contributed by atoms with Gasteiger partial charge in [-0.25, -0.2) is 4.98 Å². The minimum atomic E-state index is -0.288. The molecule has 1 heterocycles. The summed E-state index contributed by atoms with van der Waals surface area (Å²) >= 11 is 1.47. The number of carbonyl (C=O) groups excluding carboxylic acids is 2. The van der Waals surface area contributed by atoms with Gasteiger partial charge in [-0.15, -0.1) is 11.3 Å². The SMILES string of the molecule is CCCCCCN(C(=O)C[C@@H](C)CC)C(CC(OCC)c1nc(C(=O)NC(Cc2ccc(N)cc2)CC(C)(C)C)cs1)C(C)C. The predicted octanol–water partition coefficient (Wildman–Crippen LogP) is 8.84. The van der Waals surface area contributed by atoms with Gasteiger partial charge in [0.1, 0.15) is 16.8 Å². The largest absolute Gasteiger partial charge is 0.399 e. The number of hydrogen-bond donors (Lipinski definition) is 2. The van der Waals surface area contributed by atoms with Crippen LogP contribution >= 0.6 is 11.3 Å². The van der Waals surface area contributed by atoms with E-state index in [-0.39, 0.29) is 41.3 Å². The van der Waals surface area contributed by atoms with E-state index in [1.54, 1.807) is 0 Å². The molecule has 1 aromatic carbocycles. The molecular weight excluding hydrogens is 580 g/mol. The summed E-state index contributed by atoms with van der Waals surface area (Å²) in [7, 11) is 0. The molecule has 2 rings (SSSR count). The Hall–Kier alpha value is -2.45. The number of thiazole rings is 1. The number of carbonyl (C=O) groups is 2. The number of nitrogens with one attached hydrogen (secondary N) is 1. The van der Waals surface area contributed by atoms with Gasteiger partial charge in [-0.3, -0.25) is 9.59 Å². The first-order chi connectivity index (χ1) is 21.3. The van der Waals surface area contributed by atoms with Crippen molar-refractivity contribution in [2.75, 3.05) is 18.9 Å². The normalized spacial score (nSPS) is 14.6. The zero-order chi connectivity index (χ0) is 33.6. The molecule has 8 heteroatoms. The summed E-state index contributed by atoms with van der Waals surface area (Å²) in [5.41, 5.74) is 8.22. The molecule has 0 aliphatic heterocycles. The van der Waals surface area contributed by atoms with E-state index in [1.807, 2.05) is 36.6 Å². The summed E-state index contributed by atoms with van der Waals surface area (Å²) in [6.45, 7) is 20.8. The average Bonchev–Trinajstić information content (AvgIpc) is 3.46. The quantitative estimate of drug-likeness (QED) is 0.111. The van der Waals surface area contributed by atoms with Gasteiger partial charge >= 0.3 is 0 Å². The number of nitrogens with two attached hydrogens (primary N) is 1. The Morgan fingerprint density at radius 2 is 1.73 bits per heavy atom. The Bertz CT molecular complexity index is 1140. The number of rotatable bonds is 20. The molecule has 0 saturated carbocycles. The molecule has 3 N–H and O–H groups in total. The van der Waals surface area contributed by atoms with Gasteiger partial charge in [0, 0.05) is 49.1 Å². The average molecular weight is 643 g/mol. The van der Waals surface area contributed by atoms with Crippen LogP contribution in [-0.4, -0.2) is 46.9 Å². The monoisotopic (exact) mass is 642 g/mol. The number of anilines is 1. The molecule has 4 atom stereocenters. The summed E-state index contributed by atoms with van der Waals surface area (Å²) in [5, 5.41) is 5.90. The third-order valence-corrected chi connectivity index (χ3v) is 9.41. The fraction of sp³-hybridized carbons (Fsp3) is 0.703. The molecule has 254 valence electrons. The summed E-state index contributed by atoms with van der Waals surface area (Å²) < 4.78 is 6.28. The maximum atomic E-state index is 13.7. The van der Waals surface area contributed by atoms with E-state index in [1.165, 1.54) is 24.2 Å². The zero-order valence-electron chi connectivity index (χ0n) is 29.7. The van der Waals surface area contributed by atoms with Gasteiger partial charge in [-0.2, -0.15) is 0 Å². The second-order valence-electron chi connectivity index (χ2n) is 14.3. The van der Waals surface area contributed by atoms with Crippen molar-refractivity contribution in [2.24, 2.45) is 17.3 Å². The van der Waals surface area contributed by atoms with Crippen LogP contribution in [0.5, 0.6) is 0 Å². The van der Waals surface area contributed by atoms with Crippen molar-refractivity contribution in [3.05, 3.63) is 45.9 Å². The number of aromatic nitrogens is 1. The Morgan fingerprint density at radius 1 is 1.04 bits per heavy atom. The van der Waals surface area contributed by atoms with Gasteiger partial charge < -0.3 is 20.7 Å². The topological polar surface area (TPSA) is 97.5 Å². The van der Waals surface area contributed by atoms with Gasteiger partial charge in [0.2, 0.25) is 5.91 Å². The lowest BCUT2D eigenvalue weighted by Crippen LogP contribution is -2.45. The molecular formula is C37H62N4O3S. The molecule has 0 spiro atoms. The lowest BCUT2D eigenvalue weighted by Gasteiger charge is -2.37. The van der Waals surface area contributed by atoms with Crippen LogP contribution in [0, 0.1) is 17.3 Å². The molecule has 0 radical (unpaired) electrons. The van der Waals surface area contributed by atoms with Gasteiger partial charge in [0.15, 0.2) is 0 Å². The fourth-order valence-corrected chi connectivity index (χ4v) is 6.67. The molecule has 0 bridgehead atoms. The standard InChI is InChI=1S/C37H62N4O3S/c1-10-13-14-15-20-41(34(42)21-27(6)11-2)32(26(4)5)23-33(44-12-3)36-40-31(25-45-36)35(43)39-30(24-37(7,8)9)22-28-16-18-29(38)19-17-28/h16-19,25-27,30,32-33H,10-15,20-24,38H2,1-9H3,(H,39,43)/t27-,30?,32?,33?/m0/s1. The lowest BCUT2D eigenvalue weighted by atomic mass is 9.85. The molecule has 3 unspecified atom stereocenters. The van der Waals surface area contributed by atoms with E-state index in [2.05, 4.69) is 65.6 Å². The van der Waals surface area contributed by atoms with Crippen LogP contribution < -0.4 is 11.1 Å². The first kappa shape index (κ1) is 38.7. The van der Waals surface area contributed by atoms with E-state index in [4.69, 9.17) is 15.5 Å². The molecule has 2 amide bonds. The molecule has 0 aliphatic rings. The Morgan fingerprint density at radius 3 is 2.31 bits per heavy atom. The highest BCUT2D eigenvalue weighted by Gasteiger charge is 2.32. The van der Waals surface area contributed by atoms with E-state index in [0.29, 0.717) is 31.1 Å². The van der Waals surface area contributed by atoms with E-state index >= 15 is 0 Å². The van der Waals surface area contributed by atoms with Crippen molar-refractivity contribution < 1.29 is 14.3 Å². The molecule has 45 heavy (non-hydrogen) atoms. The smallest absolute Gasteiger partial charge is 0.270 e. The van der Waals surface area contributed by atoms with Crippen molar-refractivity contribution in [3.8, 4) is 0 Å². The van der Waals surface area contributed by atoms with Gasteiger partial charge in [0.25, 0.3) is 5.91 Å². The lowest BCUT2D eigenvalue weighted by molar-refractivity contribution is -0.136. The third kappa shape index (κ3) is 13.8. The van der Waals surface area contributed by atoms with Crippen molar-refractivity contribution >= 4 is 28.8 Å². The summed E-state index contributed by atoms with van der Waals surface area (Å²) in [5.74, 6) is 0.682. The van der Waals surface area contributed by atoms with Crippen LogP contribution in [0.4, 0.5) is 5.69 Å². The Balaban J connectivity index is 2.26. The molecule has 2 aromatic rings. The molecule has 1 aromatic heterocycles. The Labute approximate surface area is 278 Å². The number of unbranched alkanes of at least 4 members (excludes halogenated alkanes) is 3. The van der Waals surface area contributed by atoms with E-state index in [9.17, 15) is 9.59 Å². The highest BCUT2D eigenvalue weighted by atomic mass is 32.1. The van der Waals surface area contributed by atoms with Crippen LogP contribution in [0.25, 0.3) is 0 Å². The van der Waals surface area contributed by atoms with Crippen LogP contribution in [-0.2, 0) is 16.0 Å². The minimum absolute atomic E-state index is 0.0250. The highest BCUT2D eigenvalue weighted by Crippen LogP contribution is 2.32. The molecule has 7 nitrogen and oxygen atoms in total. The second-order valence-corrected chi connectivity index (χ2v) is 15.2. The van der Waals surface area contributed by atoms with Crippen LogP contribution in [0.1, 0.15) is 141 Å². The number of hydrogen-bond acceptors (Lipinski definition) is 6. The van der Waals surface area contributed by atoms with Crippen molar-refractivity contribution in [2.45, 2.75) is 138 Å². The van der Waals surface area contributed by atoms with E-state index in [0.717, 1.165) is 54.9 Å². The number of ether oxygens (including phenoxy) is 1. The van der Waals surface area contributed by atoms with Crippen molar-refractivity contribution in [1.82, 2.24) is 15.2 Å². The maximum Gasteiger partial charge on any atom is 0.270 e. The van der Waals surface area contributed by atoms with Crippen LogP contribution in [0.2, 0.25) is 0 Å². The minimum Gasteiger partial charge on any atom is -0.399 e. The number of amides is 2. The van der Waals surface area contributed by atoms with E-state index < -0.39 is 0 Å². The number of benzene rings is 1. The van der Waals surface area contributed by atoms with Gasteiger partial charge in [0.05, 0.1) is 0 Å². The Kier molecular flexibility index (Phi) is 16.6. The summed E-state index contributed by atoms with van der Waals surface area (Å²) in [6.07, 6.45) is 7.96. The number of nitrogens with zero attached hydrogens (tertiary/aromatic N) is 2.